The Labute approximate surface area is 132 Å². The molecule has 0 spiro atoms. The zero-order valence-electron chi connectivity index (χ0n) is 9.58. The lowest BCUT2D eigenvalue weighted by molar-refractivity contribution is 0.102. The van der Waals surface area contributed by atoms with Crippen molar-refractivity contribution in [3.8, 4) is 0 Å². The molecule has 1 amide bonds. The van der Waals surface area contributed by atoms with Crippen molar-refractivity contribution in [1.29, 1.82) is 0 Å². The topological polar surface area (TPSA) is 55.1 Å². The van der Waals surface area contributed by atoms with Gasteiger partial charge in [-0.1, -0.05) is 33.6 Å². The predicted octanol–water partition coefficient (Wildman–Crippen LogP) is 4.70. The number of carbonyl (C=O) groups is 1. The molecule has 0 atom stereocenters. The maximum absolute atomic E-state index is 12.1. The number of nitrogens with one attached hydrogen (secondary N) is 1. The molecule has 0 saturated carbocycles. The molecule has 0 unspecified atom stereocenters. The van der Waals surface area contributed by atoms with Crippen molar-refractivity contribution in [2.45, 2.75) is 0 Å². The van der Waals surface area contributed by atoms with Gasteiger partial charge in [-0.15, -0.1) is 0 Å². The number of carbonyl (C=O) groups excluding carboxylic acids is 1. The fourth-order valence-electron chi connectivity index (χ4n) is 1.53. The summed E-state index contributed by atoms with van der Waals surface area (Å²) < 4.78 is 1.46. The van der Waals surface area contributed by atoms with Crippen LogP contribution >= 0.6 is 43.5 Å². The van der Waals surface area contributed by atoms with E-state index < -0.39 is 0 Å². The Morgan fingerprint density at radius 2 is 1.95 bits per heavy atom. The fourth-order valence-corrected chi connectivity index (χ4v) is 2.45. The molecule has 19 heavy (non-hydrogen) atoms. The van der Waals surface area contributed by atoms with Crippen molar-refractivity contribution in [1.82, 2.24) is 0 Å². The number of anilines is 2. The van der Waals surface area contributed by atoms with Gasteiger partial charge in [-0.25, -0.2) is 0 Å². The molecular weight excluding hydrogens is 395 g/mol. The molecule has 0 aromatic heterocycles. The van der Waals surface area contributed by atoms with Gasteiger partial charge in [-0.05, 0) is 46.3 Å². The van der Waals surface area contributed by atoms with Crippen LogP contribution in [0.1, 0.15) is 10.4 Å². The first-order valence-corrected chi connectivity index (χ1v) is 7.26. The van der Waals surface area contributed by atoms with Crippen molar-refractivity contribution in [2.24, 2.45) is 0 Å². The van der Waals surface area contributed by atoms with Crippen LogP contribution < -0.4 is 11.1 Å². The van der Waals surface area contributed by atoms with Gasteiger partial charge in [0.1, 0.15) is 0 Å². The first kappa shape index (κ1) is 14.4. The Bertz CT molecular complexity index is 647. The average Bonchev–Trinajstić information content (AvgIpc) is 2.34. The zero-order valence-corrected chi connectivity index (χ0v) is 13.5. The van der Waals surface area contributed by atoms with Gasteiger partial charge in [0.05, 0.1) is 20.7 Å². The fraction of sp³-hybridized carbons (Fsp3) is 0. The summed E-state index contributed by atoms with van der Waals surface area (Å²) in [4.78, 5) is 12.1. The minimum atomic E-state index is -0.284. The average molecular weight is 404 g/mol. The Morgan fingerprint density at radius 3 is 2.63 bits per heavy atom. The number of nitrogens with two attached hydrogens (primary N) is 1. The molecule has 3 nitrogen and oxygen atoms in total. The lowest BCUT2D eigenvalue weighted by Crippen LogP contribution is -2.14. The van der Waals surface area contributed by atoms with Gasteiger partial charge in [-0.2, -0.15) is 0 Å². The van der Waals surface area contributed by atoms with E-state index in [-0.39, 0.29) is 5.91 Å². The summed E-state index contributed by atoms with van der Waals surface area (Å²) in [6.45, 7) is 0. The van der Waals surface area contributed by atoms with Crippen LogP contribution in [0.15, 0.2) is 45.3 Å². The van der Waals surface area contributed by atoms with Crippen LogP contribution in [0.3, 0.4) is 0 Å². The van der Waals surface area contributed by atoms with Crippen molar-refractivity contribution < 1.29 is 4.79 Å². The van der Waals surface area contributed by atoms with Gasteiger partial charge in [0.2, 0.25) is 0 Å². The third kappa shape index (κ3) is 3.29. The number of rotatable bonds is 2. The summed E-state index contributed by atoms with van der Waals surface area (Å²) in [5.41, 5.74) is 7.23. The molecule has 0 saturated heterocycles. The smallest absolute Gasteiger partial charge is 0.257 e. The van der Waals surface area contributed by atoms with Crippen LogP contribution in [0.2, 0.25) is 5.02 Å². The second-order valence-electron chi connectivity index (χ2n) is 3.79. The van der Waals surface area contributed by atoms with Gasteiger partial charge in [-0.3, -0.25) is 4.79 Å². The summed E-state index contributed by atoms with van der Waals surface area (Å²) in [5, 5.41) is 3.29. The van der Waals surface area contributed by atoms with Gasteiger partial charge in [0.25, 0.3) is 5.91 Å². The molecule has 2 aromatic rings. The lowest BCUT2D eigenvalue weighted by atomic mass is 10.1. The van der Waals surface area contributed by atoms with Crippen molar-refractivity contribution in [3.05, 3.63) is 55.9 Å². The third-order valence-electron chi connectivity index (χ3n) is 2.46. The zero-order chi connectivity index (χ0) is 14.0. The summed E-state index contributed by atoms with van der Waals surface area (Å²) >= 11 is 12.6. The third-order valence-corrected chi connectivity index (χ3v) is 4.35. The van der Waals surface area contributed by atoms with E-state index in [0.29, 0.717) is 26.4 Å². The van der Waals surface area contributed by atoms with E-state index in [1.54, 1.807) is 36.4 Å². The van der Waals surface area contributed by atoms with Crippen LogP contribution in [0, 0.1) is 0 Å². The standard InChI is InChI=1S/C13H9Br2ClN2O/c14-7-4-5-8(10(17)6-7)13(19)18-11-3-1-2-9(16)12(11)15/h1-6H,17H2,(H,18,19). The van der Waals surface area contributed by atoms with Crippen LogP contribution in [0.25, 0.3) is 0 Å². The maximum atomic E-state index is 12.1. The number of nitrogen functional groups attached to an aromatic ring is 1. The van der Waals surface area contributed by atoms with E-state index in [1.807, 2.05) is 0 Å². The Balaban J connectivity index is 2.28. The lowest BCUT2D eigenvalue weighted by Gasteiger charge is -2.10. The molecular formula is C13H9Br2ClN2O. The van der Waals surface area contributed by atoms with Crippen LogP contribution in [0.5, 0.6) is 0 Å². The predicted molar refractivity (Wildman–Crippen MR) is 85.7 cm³/mol. The minimum absolute atomic E-state index is 0.284. The molecule has 0 radical (unpaired) electrons. The summed E-state index contributed by atoms with van der Waals surface area (Å²) in [6, 6.07) is 10.3. The van der Waals surface area contributed by atoms with Gasteiger partial charge in [0.15, 0.2) is 0 Å². The molecule has 3 N–H and O–H groups in total. The number of hydrogen-bond donors (Lipinski definition) is 2. The van der Waals surface area contributed by atoms with Crippen molar-refractivity contribution in [3.63, 3.8) is 0 Å². The number of halogens is 3. The molecule has 2 rings (SSSR count). The van der Waals surface area contributed by atoms with Crippen molar-refractivity contribution in [2.75, 3.05) is 11.1 Å². The highest BCUT2D eigenvalue weighted by Gasteiger charge is 2.12. The SMILES string of the molecule is Nc1cc(Br)ccc1C(=O)Nc1cccc(Cl)c1Br. The summed E-state index contributed by atoms with van der Waals surface area (Å²) in [7, 11) is 0. The highest BCUT2D eigenvalue weighted by Crippen LogP contribution is 2.30. The van der Waals surface area contributed by atoms with E-state index in [9.17, 15) is 4.79 Å². The molecule has 0 fully saturated rings. The minimum Gasteiger partial charge on any atom is -0.398 e. The van der Waals surface area contributed by atoms with E-state index in [4.69, 9.17) is 17.3 Å². The number of hydrogen-bond acceptors (Lipinski definition) is 2. The van der Waals surface area contributed by atoms with Crippen molar-refractivity contribution >= 4 is 60.7 Å². The molecule has 0 aliphatic carbocycles. The second-order valence-corrected chi connectivity index (χ2v) is 5.90. The Kier molecular flexibility index (Phi) is 4.50. The first-order valence-electron chi connectivity index (χ1n) is 5.29. The molecule has 0 aliphatic rings. The highest BCUT2D eigenvalue weighted by molar-refractivity contribution is 9.11. The van der Waals surface area contributed by atoms with Gasteiger partial charge in [0, 0.05) is 10.2 Å². The van der Waals surface area contributed by atoms with E-state index in [0.717, 1.165) is 4.47 Å². The normalized spacial score (nSPS) is 10.3. The van der Waals surface area contributed by atoms with Crippen LogP contribution in [0.4, 0.5) is 11.4 Å². The number of amides is 1. The Morgan fingerprint density at radius 1 is 1.21 bits per heavy atom. The summed E-state index contributed by atoms with van der Waals surface area (Å²) in [6.07, 6.45) is 0. The quantitative estimate of drug-likeness (QED) is 0.713. The maximum Gasteiger partial charge on any atom is 0.257 e. The highest BCUT2D eigenvalue weighted by atomic mass is 79.9. The summed E-state index contributed by atoms with van der Waals surface area (Å²) in [5.74, 6) is -0.284. The van der Waals surface area contributed by atoms with E-state index in [2.05, 4.69) is 37.2 Å². The molecule has 0 aliphatic heterocycles. The largest absolute Gasteiger partial charge is 0.398 e. The Hall–Kier alpha value is -1.04. The van der Waals surface area contributed by atoms with Gasteiger partial charge >= 0.3 is 0 Å². The van der Waals surface area contributed by atoms with Crippen LogP contribution in [-0.2, 0) is 0 Å². The monoisotopic (exact) mass is 402 g/mol. The van der Waals surface area contributed by atoms with E-state index in [1.165, 1.54) is 0 Å². The first-order chi connectivity index (χ1) is 8.99. The molecule has 0 bridgehead atoms. The number of benzene rings is 2. The molecule has 2 aromatic carbocycles. The van der Waals surface area contributed by atoms with Gasteiger partial charge < -0.3 is 11.1 Å². The molecule has 6 heteroatoms. The van der Waals surface area contributed by atoms with Crippen LogP contribution in [-0.4, -0.2) is 5.91 Å². The van der Waals surface area contributed by atoms with E-state index >= 15 is 0 Å². The molecule has 98 valence electrons. The second kappa shape index (κ2) is 5.94. The molecule has 0 heterocycles.